The summed E-state index contributed by atoms with van der Waals surface area (Å²) in [6.45, 7) is 4.84. The van der Waals surface area contributed by atoms with E-state index in [2.05, 4.69) is 49.5 Å². The van der Waals surface area contributed by atoms with Gasteiger partial charge >= 0.3 is 5.97 Å². The number of rotatable bonds is 53. The van der Waals surface area contributed by atoms with Gasteiger partial charge in [-0.25, -0.2) is 0 Å². The summed E-state index contributed by atoms with van der Waals surface area (Å²) in [5.74, 6) is -0.174. The van der Waals surface area contributed by atoms with Crippen LogP contribution in [0.3, 0.4) is 0 Å². The van der Waals surface area contributed by atoms with E-state index >= 15 is 0 Å². The number of hydrogen-bond acceptors (Lipinski definition) is 5. The van der Waals surface area contributed by atoms with E-state index in [0.29, 0.717) is 25.9 Å². The lowest BCUT2D eigenvalue weighted by molar-refractivity contribution is -0.143. The Bertz CT molecular complexity index is 1110. The van der Waals surface area contributed by atoms with E-state index in [0.717, 1.165) is 51.4 Å². The minimum absolute atomic E-state index is 0.0266. The maximum Gasteiger partial charge on any atom is 0.305 e. The minimum Gasteiger partial charge on any atom is -0.466 e. The van der Waals surface area contributed by atoms with Gasteiger partial charge in [-0.2, -0.15) is 0 Å². The van der Waals surface area contributed by atoms with Crippen LogP contribution in [-0.4, -0.2) is 47.4 Å². The molecular formula is C60H111NO5. The van der Waals surface area contributed by atoms with Crippen LogP contribution in [0, 0.1) is 0 Å². The summed E-state index contributed by atoms with van der Waals surface area (Å²) in [4.78, 5) is 24.5. The highest BCUT2D eigenvalue weighted by molar-refractivity contribution is 5.76. The van der Waals surface area contributed by atoms with Gasteiger partial charge in [0.2, 0.25) is 5.91 Å². The zero-order valence-electron chi connectivity index (χ0n) is 43.9. The van der Waals surface area contributed by atoms with E-state index in [-0.39, 0.29) is 18.5 Å². The van der Waals surface area contributed by atoms with Crippen LogP contribution in [0.2, 0.25) is 0 Å². The molecule has 0 rings (SSSR count). The summed E-state index contributed by atoms with van der Waals surface area (Å²) >= 11 is 0. The van der Waals surface area contributed by atoms with Gasteiger partial charge < -0.3 is 20.3 Å². The summed E-state index contributed by atoms with van der Waals surface area (Å²) in [6.07, 6.45) is 70.0. The van der Waals surface area contributed by atoms with E-state index in [1.807, 2.05) is 12.2 Å². The Labute approximate surface area is 410 Å². The number of carbonyl (C=O) groups is 2. The van der Waals surface area contributed by atoms with Gasteiger partial charge in [0.25, 0.3) is 0 Å². The average molecular weight is 927 g/mol. The number of ether oxygens (including phenoxy) is 1. The molecule has 6 heteroatoms. The standard InChI is InChI=1S/C60H111NO5/c1-3-5-7-9-11-13-15-17-19-20-21-22-23-24-26-28-32-36-40-44-48-52-58(63)57(56-62)61-59(64)53-49-45-41-37-33-29-27-31-35-39-43-47-51-55-66-60(65)54-50-46-42-38-34-30-25-18-16-14-12-10-8-6-4-2/h18,25,29,33,41,45,48,52,57-58,62-63H,3-17,19-24,26-28,30-32,34-40,42-44,46-47,49-51,53-56H2,1-2H3,(H,61,64)/b25-18-,33-29-,45-41-,52-48+. The Hall–Kier alpha value is -2.18. The molecule has 0 spiro atoms. The van der Waals surface area contributed by atoms with Crippen molar-refractivity contribution in [2.75, 3.05) is 13.2 Å². The Morgan fingerprint density at radius 1 is 0.424 bits per heavy atom. The van der Waals surface area contributed by atoms with Crippen LogP contribution in [0.1, 0.15) is 296 Å². The largest absolute Gasteiger partial charge is 0.466 e. The van der Waals surface area contributed by atoms with Crippen LogP contribution >= 0.6 is 0 Å². The Kier molecular flexibility index (Phi) is 53.6. The second kappa shape index (κ2) is 55.4. The average Bonchev–Trinajstić information content (AvgIpc) is 3.32. The third kappa shape index (κ3) is 51.2. The van der Waals surface area contributed by atoms with Crippen molar-refractivity contribution in [1.29, 1.82) is 0 Å². The van der Waals surface area contributed by atoms with Gasteiger partial charge in [-0.05, 0) is 77.0 Å². The van der Waals surface area contributed by atoms with Gasteiger partial charge in [0.15, 0.2) is 0 Å². The molecule has 3 N–H and O–H groups in total. The van der Waals surface area contributed by atoms with Crippen molar-refractivity contribution in [3.05, 3.63) is 48.6 Å². The van der Waals surface area contributed by atoms with Crippen LogP contribution in [0.25, 0.3) is 0 Å². The van der Waals surface area contributed by atoms with Crippen molar-refractivity contribution < 1.29 is 24.5 Å². The predicted molar refractivity (Wildman–Crippen MR) is 287 cm³/mol. The first kappa shape index (κ1) is 63.8. The lowest BCUT2D eigenvalue weighted by atomic mass is 10.0. The van der Waals surface area contributed by atoms with Crippen LogP contribution in [-0.2, 0) is 14.3 Å². The molecule has 386 valence electrons. The molecule has 0 bridgehead atoms. The second-order valence-electron chi connectivity index (χ2n) is 19.6. The molecule has 66 heavy (non-hydrogen) atoms. The van der Waals surface area contributed by atoms with Crippen LogP contribution in [0.5, 0.6) is 0 Å². The van der Waals surface area contributed by atoms with Crippen molar-refractivity contribution in [3.63, 3.8) is 0 Å². The zero-order valence-corrected chi connectivity index (χ0v) is 43.9. The smallest absolute Gasteiger partial charge is 0.305 e. The third-order valence-electron chi connectivity index (χ3n) is 13.1. The van der Waals surface area contributed by atoms with E-state index < -0.39 is 12.1 Å². The first-order valence-corrected chi connectivity index (χ1v) is 28.9. The third-order valence-corrected chi connectivity index (χ3v) is 13.1. The van der Waals surface area contributed by atoms with Gasteiger partial charge in [-0.3, -0.25) is 9.59 Å². The summed E-state index contributed by atoms with van der Waals surface area (Å²) in [5, 5.41) is 23.1. The van der Waals surface area contributed by atoms with Gasteiger partial charge in [-0.15, -0.1) is 0 Å². The van der Waals surface area contributed by atoms with E-state index in [4.69, 9.17) is 4.74 Å². The topological polar surface area (TPSA) is 95.9 Å². The highest BCUT2D eigenvalue weighted by Gasteiger charge is 2.17. The molecule has 6 nitrogen and oxygen atoms in total. The monoisotopic (exact) mass is 926 g/mol. The van der Waals surface area contributed by atoms with Crippen molar-refractivity contribution in [1.82, 2.24) is 5.32 Å². The van der Waals surface area contributed by atoms with Crippen LogP contribution in [0.4, 0.5) is 0 Å². The number of hydrogen-bond donors (Lipinski definition) is 3. The van der Waals surface area contributed by atoms with Crippen molar-refractivity contribution in [2.24, 2.45) is 0 Å². The quantitative estimate of drug-likeness (QED) is 0.0321. The number of aliphatic hydroxyl groups excluding tert-OH is 2. The molecule has 2 unspecified atom stereocenters. The fourth-order valence-electron chi connectivity index (χ4n) is 8.62. The summed E-state index contributed by atoms with van der Waals surface area (Å²) < 4.78 is 5.45. The SMILES string of the molecule is CCCCCCCC/C=C\CCCCCCCC(=O)OCCCCCCCC/C=C\C/C=C\CCC(=O)NC(CO)C(O)/C=C/CCCCCCCCCCCCCCCCCCCCC. The van der Waals surface area contributed by atoms with Crippen LogP contribution in [0.15, 0.2) is 48.6 Å². The van der Waals surface area contributed by atoms with Crippen molar-refractivity contribution in [3.8, 4) is 0 Å². The highest BCUT2D eigenvalue weighted by Crippen LogP contribution is 2.16. The number of esters is 1. The molecule has 0 fully saturated rings. The molecule has 0 radical (unpaired) electrons. The molecule has 0 aliphatic carbocycles. The fraction of sp³-hybridized carbons (Fsp3) is 0.833. The first-order valence-electron chi connectivity index (χ1n) is 28.9. The molecular weight excluding hydrogens is 815 g/mol. The van der Waals surface area contributed by atoms with Gasteiger partial charge in [0.05, 0.1) is 25.4 Å². The van der Waals surface area contributed by atoms with Crippen LogP contribution < -0.4 is 5.32 Å². The molecule has 0 heterocycles. The normalized spacial score (nSPS) is 13.0. The van der Waals surface area contributed by atoms with E-state index in [1.54, 1.807) is 6.08 Å². The molecule has 2 atom stereocenters. The maximum atomic E-state index is 12.4. The maximum absolute atomic E-state index is 12.4. The lowest BCUT2D eigenvalue weighted by Crippen LogP contribution is -2.45. The molecule has 0 saturated heterocycles. The number of unbranched alkanes of at least 4 members (excludes halogenated alkanes) is 36. The van der Waals surface area contributed by atoms with Gasteiger partial charge in [0.1, 0.15) is 0 Å². The number of amides is 1. The molecule has 0 aromatic carbocycles. The Balaban J connectivity index is 3.58. The van der Waals surface area contributed by atoms with Gasteiger partial charge in [-0.1, -0.05) is 255 Å². The Morgan fingerprint density at radius 2 is 0.773 bits per heavy atom. The van der Waals surface area contributed by atoms with E-state index in [1.165, 1.54) is 212 Å². The summed E-state index contributed by atoms with van der Waals surface area (Å²) in [6, 6.07) is -0.674. The fourth-order valence-corrected chi connectivity index (χ4v) is 8.62. The number of allylic oxidation sites excluding steroid dienone is 7. The molecule has 0 aromatic heterocycles. The number of aliphatic hydroxyl groups is 2. The van der Waals surface area contributed by atoms with Gasteiger partial charge in [0, 0.05) is 12.8 Å². The van der Waals surface area contributed by atoms with E-state index in [9.17, 15) is 19.8 Å². The molecule has 1 amide bonds. The second-order valence-corrected chi connectivity index (χ2v) is 19.6. The summed E-state index contributed by atoms with van der Waals surface area (Å²) in [5.41, 5.74) is 0. The predicted octanol–water partition coefficient (Wildman–Crippen LogP) is 17.8. The highest BCUT2D eigenvalue weighted by atomic mass is 16.5. The van der Waals surface area contributed by atoms with Crippen molar-refractivity contribution in [2.45, 2.75) is 309 Å². The summed E-state index contributed by atoms with van der Waals surface area (Å²) in [7, 11) is 0. The lowest BCUT2D eigenvalue weighted by Gasteiger charge is -2.19. The molecule has 0 saturated carbocycles. The molecule has 0 aromatic rings. The molecule has 0 aliphatic rings. The number of carbonyl (C=O) groups excluding carboxylic acids is 2. The Morgan fingerprint density at radius 3 is 1.20 bits per heavy atom. The first-order chi connectivity index (χ1) is 32.5. The minimum atomic E-state index is -0.881. The zero-order chi connectivity index (χ0) is 47.9. The van der Waals surface area contributed by atoms with Crippen molar-refractivity contribution >= 4 is 11.9 Å². The molecule has 0 aliphatic heterocycles. The number of nitrogens with one attached hydrogen (secondary N) is 1.